The van der Waals surface area contributed by atoms with Crippen molar-refractivity contribution in [2.45, 2.75) is 19.4 Å². The van der Waals surface area contributed by atoms with Crippen LogP contribution in [0.4, 0.5) is 17.1 Å². The maximum absolute atomic E-state index is 12.8. The summed E-state index contributed by atoms with van der Waals surface area (Å²) in [4.78, 5) is 27.6. The van der Waals surface area contributed by atoms with E-state index in [0.717, 1.165) is 12.1 Å². The molecule has 0 aromatic heterocycles. The number of para-hydroxylation sites is 3. The van der Waals surface area contributed by atoms with Crippen LogP contribution in [0.2, 0.25) is 0 Å². The summed E-state index contributed by atoms with van der Waals surface area (Å²) in [5, 5.41) is 5.78. The van der Waals surface area contributed by atoms with Crippen molar-refractivity contribution >= 4 is 28.9 Å². The first-order valence-corrected chi connectivity index (χ1v) is 9.71. The van der Waals surface area contributed by atoms with Gasteiger partial charge in [-0.1, -0.05) is 48.5 Å². The average molecular weight is 385 g/mol. The van der Waals surface area contributed by atoms with Gasteiger partial charge in [-0.2, -0.15) is 0 Å². The number of anilines is 3. The van der Waals surface area contributed by atoms with Crippen molar-refractivity contribution in [1.29, 1.82) is 0 Å². The third-order valence-corrected chi connectivity index (χ3v) is 5.14. The predicted molar refractivity (Wildman–Crippen MR) is 116 cm³/mol. The molecule has 1 heterocycles. The molecule has 3 aromatic carbocycles. The smallest absolute Gasteiger partial charge is 0.257 e. The molecule has 0 unspecified atom stereocenters. The highest BCUT2D eigenvalue weighted by atomic mass is 16.2. The van der Waals surface area contributed by atoms with Crippen LogP contribution in [-0.2, 0) is 11.2 Å². The standard InChI is InChI=1S/C24H23N3O2/c1-17-15-18-9-5-8-14-22(18)27(17)16-23(28)26-21-13-7-6-12-20(21)24(29)25-19-10-3-2-4-11-19/h2-14,17H,15-16H2,1H3,(H,25,29)(H,26,28)/t17-/m0/s1. The fourth-order valence-corrected chi connectivity index (χ4v) is 3.73. The number of nitrogens with zero attached hydrogens (tertiary/aromatic N) is 1. The van der Waals surface area contributed by atoms with Crippen molar-refractivity contribution < 1.29 is 9.59 Å². The van der Waals surface area contributed by atoms with Gasteiger partial charge < -0.3 is 15.5 Å². The Morgan fingerprint density at radius 2 is 1.59 bits per heavy atom. The zero-order valence-electron chi connectivity index (χ0n) is 16.3. The number of nitrogens with one attached hydrogen (secondary N) is 2. The van der Waals surface area contributed by atoms with Crippen molar-refractivity contribution in [2.75, 3.05) is 22.1 Å². The molecule has 0 spiro atoms. The van der Waals surface area contributed by atoms with Crippen LogP contribution in [0.15, 0.2) is 78.9 Å². The van der Waals surface area contributed by atoms with E-state index in [1.165, 1.54) is 5.56 Å². The zero-order valence-corrected chi connectivity index (χ0v) is 16.3. The Hall–Kier alpha value is -3.60. The number of rotatable bonds is 5. The lowest BCUT2D eigenvalue weighted by Gasteiger charge is -2.24. The van der Waals surface area contributed by atoms with Gasteiger partial charge in [-0.15, -0.1) is 0 Å². The van der Waals surface area contributed by atoms with E-state index >= 15 is 0 Å². The summed E-state index contributed by atoms with van der Waals surface area (Å²) in [5.41, 5.74) is 4.01. The largest absolute Gasteiger partial charge is 0.359 e. The topological polar surface area (TPSA) is 61.4 Å². The molecule has 4 rings (SSSR count). The highest BCUT2D eigenvalue weighted by Crippen LogP contribution is 2.31. The Morgan fingerprint density at radius 1 is 0.897 bits per heavy atom. The van der Waals surface area contributed by atoms with Crippen LogP contribution in [-0.4, -0.2) is 24.4 Å². The van der Waals surface area contributed by atoms with E-state index in [0.29, 0.717) is 16.9 Å². The van der Waals surface area contributed by atoms with Crippen LogP contribution in [0.25, 0.3) is 0 Å². The van der Waals surface area contributed by atoms with Gasteiger partial charge in [0.25, 0.3) is 5.91 Å². The van der Waals surface area contributed by atoms with Crippen molar-refractivity contribution in [1.82, 2.24) is 0 Å². The quantitative estimate of drug-likeness (QED) is 0.687. The number of hydrogen-bond acceptors (Lipinski definition) is 3. The molecule has 5 nitrogen and oxygen atoms in total. The SMILES string of the molecule is C[C@H]1Cc2ccccc2N1CC(=O)Nc1ccccc1C(=O)Nc1ccccc1. The molecule has 0 radical (unpaired) electrons. The number of fused-ring (bicyclic) bond motifs is 1. The summed E-state index contributed by atoms with van der Waals surface area (Å²) in [5.74, 6) is -0.402. The molecule has 1 aliphatic rings. The van der Waals surface area contributed by atoms with Crippen LogP contribution in [0, 0.1) is 0 Å². The van der Waals surface area contributed by atoms with Gasteiger partial charge in [0.2, 0.25) is 5.91 Å². The molecule has 0 bridgehead atoms. The van der Waals surface area contributed by atoms with E-state index < -0.39 is 0 Å². The molecule has 0 fully saturated rings. The highest BCUT2D eigenvalue weighted by Gasteiger charge is 2.27. The third-order valence-electron chi connectivity index (χ3n) is 5.14. The Morgan fingerprint density at radius 3 is 2.41 bits per heavy atom. The Labute approximate surface area is 170 Å². The first-order chi connectivity index (χ1) is 14.1. The Kier molecular flexibility index (Phi) is 5.29. The van der Waals surface area contributed by atoms with E-state index in [1.807, 2.05) is 54.6 Å². The van der Waals surface area contributed by atoms with Crippen LogP contribution < -0.4 is 15.5 Å². The first-order valence-electron chi connectivity index (χ1n) is 9.71. The van der Waals surface area contributed by atoms with Crippen LogP contribution in [0.1, 0.15) is 22.8 Å². The third kappa shape index (κ3) is 4.14. The second kappa shape index (κ2) is 8.19. The van der Waals surface area contributed by atoms with Gasteiger partial charge in [-0.25, -0.2) is 0 Å². The zero-order chi connectivity index (χ0) is 20.2. The van der Waals surface area contributed by atoms with Crippen molar-refractivity contribution in [3.05, 3.63) is 90.0 Å². The Balaban J connectivity index is 1.47. The molecular weight excluding hydrogens is 362 g/mol. The predicted octanol–water partition coefficient (Wildman–Crippen LogP) is 4.33. The summed E-state index contributed by atoms with van der Waals surface area (Å²) in [6, 6.07) is 24.7. The molecular formula is C24H23N3O2. The minimum atomic E-state index is -0.257. The van der Waals surface area contributed by atoms with Gasteiger partial charge in [0.05, 0.1) is 17.8 Å². The second-order valence-electron chi connectivity index (χ2n) is 7.22. The number of benzene rings is 3. The monoisotopic (exact) mass is 385 g/mol. The highest BCUT2D eigenvalue weighted by molar-refractivity contribution is 6.10. The molecule has 29 heavy (non-hydrogen) atoms. The van der Waals surface area contributed by atoms with Crippen LogP contribution in [0.5, 0.6) is 0 Å². The van der Waals surface area contributed by atoms with Crippen molar-refractivity contribution in [2.24, 2.45) is 0 Å². The number of amides is 2. The van der Waals surface area contributed by atoms with E-state index in [1.54, 1.807) is 18.2 Å². The number of hydrogen-bond donors (Lipinski definition) is 2. The normalized spacial score (nSPS) is 14.9. The summed E-state index contributed by atoms with van der Waals surface area (Å²) in [6.45, 7) is 2.36. The summed E-state index contributed by atoms with van der Waals surface area (Å²) in [6.07, 6.45) is 0.930. The lowest BCUT2D eigenvalue weighted by atomic mass is 10.1. The average Bonchev–Trinajstić information content (AvgIpc) is 3.04. The molecule has 2 amide bonds. The maximum Gasteiger partial charge on any atom is 0.257 e. The lowest BCUT2D eigenvalue weighted by molar-refractivity contribution is -0.115. The Bertz CT molecular complexity index is 1030. The number of carbonyl (C=O) groups excluding carboxylic acids is 2. The molecule has 0 aliphatic carbocycles. The maximum atomic E-state index is 12.8. The van der Waals surface area contributed by atoms with Crippen LogP contribution in [0.3, 0.4) is 0 Å². The van der Waals surface area contributed by atoms with Gasteiger partial charge in [-0.3, -0.25) is 9.59 Å². The van der Waals surface area contributed by atoms with E-state index in [9.17, 15) is 9.59 Å². The van der Waals surface area contributed by atoms with E-state index in [4.69, 9.17) is 0 Å². The van der Waals surface area contributed by atoms with Gasteiger partial charge in [0.15, 0.2) is 0 Å². The van der Waals surface area contributed by atoms with Gasteiger partial charge in [-0.05, 0) is 49.2 Å². The van der Waals surface area contributed by atoms with Crippen molar-refractivity contribution in [3.8, 4) is 0 Å². The summed E-state index contributed by atoms with van der Waals surface area (Å²) in [7, 11) is 0. The molecule has 0 saturated heterocycles. The van der Waals surface area contributed by atoms with Crippen LogP contribution >= 0.6 is 0 Å². The molecule has 3 aromatic rings. The molecule has 146 valence electrons. The molecule has 2 N–H and O–H groups in total. The molecule has 1 atom stereocenters. The fraction of sp³-hybridized carbons (Fsp3) is 0.167. The first kappa shape index (κ1) is 18.7. The summed E-state index contributed by atoms with van der Waals surface area (Å²) >= 11 is 0. The van der Waals surface area contributed by atoms with Crippen molar-refractivity contribution in [3.63, 3.8) is 0 Å². The molecule has 5 heteroatoms. The summed E-state index contributed by atoms with van der Waals surface area (Å²) < 4.78 is 0. The second-order valence-corrected chi connectivity index (χ2v) is 7.22. The minimum absolute atomic E-state index is 0.145. The molecule has 0 saturated carbocycles. The molecule has 1 aliphatic heterocycles. The van der Waals surface area contributed by atoms with E-state index in [2.05, 4.69) is 28.5 Å². The number of carbonyl (C=O) groups is 2. The van der Waals surface area contributed by atoms with Gasteiger partial charge in [0.1, 0.15) is 0 Å². The van der Waals surface area contributed by atoms with Gasteiger partial charge >= 0.3 is 0 Å². The van der Waals surface area contributed by atoms with Gasteiger partial charge in [0, 0.05) is 17.4 Å². The minimum Gasteiger partial charge on any atom is -0.359 e. The fourth-order valence-electron chi connectivity index (χ4n) is 3.73. The lowest BCUT2D eigenvalue weighted by Crippen LogP contribution is -2.37. The van der Waals surface area contributed by atoms with E-state index in [-0.39, 0.29) is 24.4 Å².